The minimum absolute atomic E-state index is 0.583. The van der Waals surface area contributed by atoms with E-state index in [0.717, 1.165) is 30.5 Å². The van der Waals surface area contributed by atoms with Gasteiger partial charge in [0.15, 0.2) is 0 Å². The van der Waals surface area contributed by atoms with Crippen LogP contribution in [0.1, 0.15) is 19.4 Å². The molecule has 17 heavy (non-hydrogen) atoms. The van der Waals surface area contributed by atoms with Crippen LogP contribution >= 0.6 is 15.9 Å². The van der Waals surface area contributed by atoms with E-state index in [-0.39, 0.29) is 0 Å². The van der Waals surface area contributed by atoms with Crippen LogP contribution in [0.3, 0.4) is 0 Å². The summed E-state index contributed by atoms with van der Waals surface area (Å²) in [5.41, 5.74) is 7.11. The zero-order chi connectivity index (χ0) is 12.7. The van der Waals surface area contributed by atoms with Crippen molar-refractivity contribution in [3.63, 3.8) is 0 Å². The molecule has 0 aliphatic carbocycles. The molecule has 0 saturated heterocycles. The first-order valence-electron chi connectivity index (χ1n) is 6.28. The second-order valence-electron chi connectivity index (χ2n) is 4.82. The molecule has 0 saturated carbocycles. The van der Waals surface area contributed by atoms with E-state index in [0.29, 0.717) is 11.8 Å². The highest BCUT2D eigenvalue weighted by Gasteiger charge is 2.09. The largest absolute Gasteiger partial charge is 0.330 e. The Morgan fingerprint density at radius 3 is 2.41 bits per heavy atom. The SMILES string of the molecule is CC(C)C(CN)CNCCc1ccc(Br)cc1. The third kappa shape index (κ3) is 5.66. The Balaban J connectivity index is 2.22. The lowest BCUT2D eigenvalue weighted by molar-refractivity contribution is 0.372. The molecule has 3 heteroatoms. The summed E-state index contributed by atoms with van der Waals surface area (Å²) in [6, 6.07) is 8.50. The van der Waals surface area contributed by atoms with E-state index in [2.05, 4.69) is 59.4 Å². The van der Waals surface area contributed by atoms with Gasteiger partial charge in [-0.25, -0.2) is 0 Å². The number of hydrogen-bond donors (Lipinski definition) is 2. The van der Waals surface area contributed by atoms with Crippen LogP contribution in [0, 0.1) is 11.8 Å². The zero-order valence-corrected chi connectivity index (χ0v) is 12.3. The van der Waals surface area contributed by atoms with Crippen LogP contribution in [0.15, 0.2) is 28.7 Å². The van der Waals surface area contributed by atoms with Crippen LogP contribution in [0.25, 0.3) is 0 Å². The lowest BCUT2D eigenvalue weighted by Gasteiger charge is -2.19. The molecule has 0 aliphatic heterocycles. The highest BCUT2D eigenvalue weighted by atomic mass is 79.9. The van der Waals surface area contributed by atoms with Crippen LogP contribution in [-0.4, -0.2) is 19.6 Å². The van der Waals surface area contributed by atoms with Gasteiger partial charge in [0.2, 0.25) is 0 Å². The first kappa shape index (κ1) is 14.7. The number of benzene rings is 1. The number of hydrogen-bond acceptors (Lipinski definition) is 2. The highest BCUT2D eigenvalue weighted by Crippen LogP contribution is 2.11. The predicted molar refractivity (Wildman–Crippen MR) is 78.1 cm³/mol. The van der Waals surface area contributed by atoms with Crippen LogP contribution in [-0.2, 0) is 6.42 Å². The Bertz CT molecular complexity index is 309. The summed E-state index contributed by atoms with van der Waals surface area (Å²) in [5, 5.41) is 3.49. The molecule has 0 radical (unpaired) electrons. The standard InChI is InChI=1S/C14H23BrN2/c1-11(2)13(9-16)10-17-8-7-12-3-5-14(15)6-4-12/h3-6,11,13,17H,7-10,16H2,1-2H3. The number of halogens is 1. The van der Waals surface area contributed by atoms with Crippen LogP contribution in [0.2, 0.25) is 0 Å². The van der Waals surface area contributed by atoms with Gasteiger partial charge in [0.05, 0.1) is 0 Å². The number of nitrogens with two attached hydrogens (primary N) is 1. The van der Waals surface area contributed by atoms with Gasteiger partial charge in [0, 0.05) is 4.47 Å². The van der Waals surface area contributed by atoms with E-state index in [9.17, 15) is 0 Å². The van der Waals surface area contributed by atoms with Crippen LogP contribution < -0.4 is 11.1 Å². The maximum absolute atomic E-state index is 5.74. The van der Waals surface area contributed by atoms with Crippen LogP contribution in [0.4, 0.5) is 0 Å². The number of nitrogens with one attached hydrogen (secondary N) is 1. The van der Waals surface area contributed by atoms with Crippen molar-refractivity contribution >= 4 is 15.9 Å². The molecule has 0 heterocycles. The highest BCUT2D eigenvalue weighted by molar-refractivity contribution is 9.10. The lowest BCUT2D eigenvalue weighted by Crippen LogP contribution is -2.32. The Hall–Kier alpha value is -0.380. The van der Waals surface area contributed by atoms with E-state index < -0.39 is 0 Å². The van der Waals surface area contributed by atoms with Gasteiger partial charge in [-0.05, 0) is 55.6 Å². The summed E-state index contributed by atoms with van der Waals surface area (Å²) in [6.45, 7) is 7.26. The smallest absolute Gasteiger partial charge is 0.0175 e. The molecule has 0 aromatic heterocycles. The molecule has 2 nitrogen and oxygen atoms in total. The van der Waals surface area contributed by atoms with E-state index in [4.69, 9.17) is 5.73 Å². The maximum atomic E-state index is 5.74. The first-order valence-corrected chi connectivity index (χ1v) is 7.08. The normalized spacial score (nSPS) is 13.0. The first-order chi connectivity index (χ1) is 8.13. The van der Waals surface area contributed by atoms with Gasteiger partial charge in [-0.1, -0.05) is 41.9 Å². The molecule has 0 spiro atoms. The molecular formula is C14H23BrN2. The fourth-order valence-corrected chi connectivity index (χ4v) is 2.03. The Labute approximate surface area is 113 Å². The fourth-order valence-electron chi connectivity index (χ4n) is 1.76. The van der Waals surface area contributed by atoms with Crippen molar-refractivity contribution in [2.24, 2.45) is 17.6 Å². The van der Waals surface area contributed by atoms with Gasteiger partial charge in [-0.15, -0.1) is 0 Å². The van der Waals surface area contributed by atoms with E-state index in [1.54, 1.807) is 0 Å². The topological polar surface area (TPSA) is 38.0 Å². The van der Waals surface area contributed by atoms with E-state index >= 15 is 0 Å². The Morgan fingerprint density at radius 1 is 1.24 bits per heavy atom. The van der Waals surface area contributed by atoms with Gasteiger partial charge in [0.25, 0.3) is 0 Å². The van der Waals surface area contributed by atoms with Crippen molar-refractivity contribution < 1.29 is 0 Å². The Kier molecular flexibility index (Phi) is 6.78. The van der Waals surface area contributed by atoms with Gasteiger partial charge in [0.1, 0.15) is 0 Å². The predicted octanol–water partition coefficient (Wildman–Crippen LogP) is 2.81. The summed E-state index contributed by atoms with van der Waals surface area (Å²) >= 11 is 3.44. The average molecular weight is 299 g/mol. The monoisotopic (exact) mass is 298 g/mol. The summed E-state index contributed by atoms with van der Waals surface area (Å²) in [5.74, 6) is 1.24. The molecule has 96 valence electrons. The van der Waals surface area contributed by atoms with Gasteiger partial charge < -0.3 is 11.1 Å². The van der Waals surface area contributed by atoms with E-state index in [1.165, 1.54) is 5.56 Å². The fraction of sp³-hybridized carbons (Fsp3) is 0.571. The van der Waals surface area contributed by atoms with Crippen molar-refractivity contribution in [3.8, 4) is 0 Å². The van der Waals surface area contributed by atoms with Gasteiger partial charge in [-0.2, -0.15) is 0 Å². The van der Waals surface area contributed by atoms with E-state index in [1.807, 2.05) is 0 Å². The third-order valence-corrected chi connectivity index (χ3v) is 3.68. The quantitative estimate of drug-likeness (QED) is 0.760. The van der Waals surface area contributed by atoms with Crippen molar-refractivity contribution in [3.05, 3.63) is 34.3 Å². The molecule has 1 rings (SSSR count). The molecule has 0 fully saturated rings. The summed E-state index contributed by atoms with van der Waals surface area (Å²) < 4.78 is 1.14. The summed E-state index contributed by atoms with van der Waals surface area (Å²) in [7, 11) is 0. The minimum atomic E-state index is 0.583. The zero-order valence-electron chi connectivity index (χ0n) is 10.7. The Morgan fingerprint density at radius 2 is 1.88 bits per heavy atom. The molecule has 3 N–H and O–H groups in total. The molecule has 0 amide bonds. The van der Waals surface area contributed by atoms with Crippen LogP contribution in [0.5, 0.6) is 0 Å². The van der Waals surface area contributed by atoms with Crippen molar-refractivity contribution in [1.29, 1.82) is 0 Å². The van der Waals surface area contributed by atoms with Crippen molar-refractivity contribution in [1.82, 2.24) is 5.32 Å². The van der Waals surface area contributed by atoms with Crippen molar-refractivity contribution in [2.75, 3.05) is 19.6 Å². The number of rotatable bonds is 7. The molecule has 1 aromatic carbocycles. The molecule has 1 unspecified atom stereocenters. The minimum Gasteiger partial charge on any atom is -0.330 e. The average Bonchev–Trinajstić information content (AvgIpc) is 2.31. The third-order valence-electron chi connectivity index (χ3n) is 3.16. The molecule has 0 aliphatic rings. The van der Waals surface area contributed by atoms with Gasteiger partial charge >= 0.3 is 0 Å². The molecule has 0 bridgehead atoms. The second-order valence-corrected chi connectivity index (χ2v) is 5.74. The van der Waals surface area contributed by atoms with Gasteiger partial charge in [-0.3, -0.25) is 0 Å². The summed E-state index contributed by atoms with van der Waals surface area (Å²) in [6.07, 6.45) is 1.07. The molecular weight excluding hydrogens is 276 g/mol. The molecule has 1 atom stereocenters. The van der Waals surface area contributed by atoms with Crippen molar-refractivity contribution in [2.45, 2.75) is 20.3 Å². The lowest BCUT2D eigenvalue weighted by atomic mass is 9.96. The summed E-state index contributed by atoms with van der Waals surface area (Å²) in [4.78, 5) is 0. The maximum Gasteiger partial charge on any atom is 0.0175 e. The second kappa shape index (κ2) is 7.85. The molecule has 1 aromatic rings.